The van der Waals surface area contributed by atoms with Crippen molar-refractivity contribution in [3.05, 3.63) is 27.8 Å². The highest BCUT2D eigenvalue weighted by atomic mass is 16.6. The summed E-state index contributed by atoms with van der Waals surface area (Å²) in [7, 11) is 2.55. The lowest BCUT2D eigenvalue weighted by atomic mass is 9.89. The van der Waals surface area contributed by atoms with Crippen molar-refractivity contribution in [2.75, 3.05) is 14.2 Å². The summed E-state index contributed by atoms with van der Waals surface area (Å²) in [6.07, 6.45) is -0.0328. The van der Waals surface area contributed by atoms with E-state index >= 15 is 0 Å². The van der Waals surface area contributed by atoms with Gasteiger partial charge in [0.05, 0.1) is 19.1 Å². The molecule has 8 nitrogen and oxygen atoms in total. The lowest BCUT2D eigenvalue weighted by molar-refractivity contribution is -0.385. The van der Waals surface area contributed by atoms with Crippen molar-refractivity contribution in [1.29, 1.82) is 0 Å². The molecule has 0 saturated carbocycles. The third-order valence-electron chi connectivity index (χ3n) is 3.05. The van der Waals surface area contributed by atoms with Crippen LogP contribution in [0.5, 0.6) is 11.5 Å². The molecule has 0 radical (unpaired) electrons. The van der Waals surface area contributed by atoms with Gasteiger partial charge in [-0.3, -0.25) is 14.9 Å². The van der Waals surface area contributed by atoms with E-state index in [2.05, 4.69) is 0 Å². The fourth-order valence-electron chi connectivity index (χ4n) is 1.84. The number of hydrogen-bond acceptors (Lipinski definition) is 6. The average Bonchev–Trinajstić information content (AvgIpc) is 2.44. The van der Waals surface area contributed by atoms with Crippen LogP contribution in [0.4, 0.5) is 5.69 Å². The normalized spacial score (nSPS) is 13.4. The number of rotatable bonds is 6. The maximum Gasteiger partial charge on any atom is 0.315 e. The molecule has 0 spiro atoms. The quantitative estimate of drug-likeness (QED) is 0.585. The monoisotopic (exact) mass is 284 g/mol. The number of hydrogen-bond donors (Lipinski definition) is 2. The number of aliphatic hydroxyl groups is 1. The first-order valence-corrected chi connectivity index (χ1v) is 5.75. The van der Waals surface area contributed by atoms with Gasteiger partial charge in [0.15, 0.2) is 11.4 Å². The molecular formula is C12H16N2O6. The molecule has 0 aliphatic carbocycles. The molecule has 0 aromatic heterocycles. The molecule has 3 N–H and O–H groups in total. The van der Waals surface area contributed by atoms with Gasteiger partial charge in [-0.2, -0.15) is 0 Å². The van der Waals surface area contributed by atoms with E-state index in [-0.39, 0.29) is 23.5 Å². The average molecular weight is 284 g/mol. The van der Waals surface area contributed by atoms with E-state index in [9.17, 15) is 20.0 Å². The van der Waals surface area contributed by atoms with Gasteiger partial charge in [-0.25, -0.2) is 0 Å². The standard InChI is InChI=1S/C12H16N2O6/c1-4-12(16,11(13)15)7-5-8(14(17)18)10(20-3)9(6-7)19-2/h5-6,16H,4H2,1-3H3,(H2,13,15). The Kier molecular flexibility index (Phi) is 4.51. The molecule has 0 saturated heterocycles. The van der Waals surface area contributed by atoms with Crippen LogP contribution in [-0.4, -0.2) is 30.2 Å². The third kappa shape index (κ3) is 2.50. The van der Waals surface area contributed by atoms with Gasteiger partial charge in [-0.15, -0.1) is 0 Å². The SMILES string of the molecule is CCC(O)(C(N)=O)c1cc(OC)c(OC)c([N+](=O)[O-])c1. The summed E-state index contributed by atoms with van der Waals surface area (Å²) in [5, 5.41) is 21.3. The van der Waals surface area contributed by atoms with Crippen LogP contribution in [0.3, 0.4) is 0 Å². The Morgan fingerprint density at radius 3 is 2.40 bits per heavy atom. The smallest absolute Gasteiger partial charge is 0.315 e. The summed E-state index contributed by atoms with van der Waals surface area (Å²) in [6.45, 7) is 1.54. The molecule has 0 fully saturated rings. The van der Waals surface area contributed by atoms with E-state index in [0.717, 1.165) is 6.07 Å². The van der Waals surface area contributed by atoms with Crippen LogP contribution in [0.1, 0.15) is 18.9 Å². The predicted octanol–water partition coefficient (Wildman–Crippen LogP) is 0.695. The Bertz CT molecular complexity index is 545. The number of nitro benzene ring substituents is 1. The van der Waals surface area contributed by atoms with E-state index in [1.807, 2.05) is 0 Å². The van der Waals surface area contributed by atoms with Crippen molar-refractivity contribution < 1.29 is 24.3 Å². The van der Waals surface area contributed by atoms with Crippen molar-refractivity contribution in [2.45, 2.75) is 18.9 Å². The van der Waals surface area contributed by atoms with Crippen molar-refractivity contribution >= 4 is 11.6 Å². The Morgan fingerprint density at radius 1 is 1.45 bits per heavy atom. The number of amides is 1. The Morgan fingerprint density at radius 2 is 2.05 bits per heavy atom. The molecule has 8 heteroatoms. The van der Waals surface area contributed by atoms with Crippen LogP contribution in [-0.2, 0) is 10.4 Å². The van der Waals surface area contributed by atoms with E-state index < -0.39 is 22.1 Å². The number of benzene rings is 1. The van der Waals surface area contributed by atoms with E-state index in [1.54, 1.807) is 0 Å². The van der Waals surface area contributed by atoms with Gasteiger partial charge < -0.3 is 20.3 Å². The Hall–Kier alpha value is -2.35. The minimum absolute atomic E-state index is 0.0168. The van der Waals surface area contributed by atoms with Crippen molar-refractivity contribution in [3.8, 4) is 11.5 Å². The second-order valence-corrected chi connectivity index (χ2v) is 4.07. The van der Waals surface area contributed by atoms with Crippen LogP contribution < -0.4 is 15.2 Å². The van der Waals surface area contributed by atoms with Crippen LogP contribution in [0.2, 0.25) is 0 Å². The second kappa shape index (κ2) is 5.74. The van der Waals surface area contributed by atoms with Crippen LogP contribution >= 0.6 is 0 Å². The zero-order valence-electron chi connectivity index (χ0n) is 11.4. The van der Waals surface area contributed by atoms with Crippen LogP contribution in [0, 0.1) is 10.1 Å². The number of primary amides is 1. The van der Waals surface area contributed by atoms with Crippen molar-refractivity contribution in [2.24, 2.45) is 5.73 Å². The van der Waals surface area contributed by atoms with E-state index in [1.165, 1.54) is 27.2 Å². The number of carbonyl (C=O) groups excluding carboxylic acids is 1. The zero-order chi connectivity index (χ0) is 15.5. The summed E-state index contributed by atoms with van der Waals surface area (Å²) >= 11 is 0. The lowest BCUT2D eigenvalue weighted by Gasteiger charge is -2.24. The largest absolute Gasteiger partial charge is 0.493 e. The van der Waals surface area contributed by atoms with Crippen LogP contribution in [0.25, 0.3) is 0 Å². The fourth-order valence-corrected chi connectivity index (χ4v) is 1.84. The summed E-state index contributed by atoms with van der Waals surface area (Å²) in [5.74, 6) is -1.06. The fraction of sp³-hybridized carbons (Fsp3) is 0.417. The number of methoxy groups -OCH3 is 2. The van der Waals surface area contributed by atoms with Gasteiger partial charge in [-0.05, 0) is 12.5 Å². The Labute approximate surface area is 115 Å². The first-order valence-electron chi connectivity index (χ1n) is 5.75. The van der Waals surface area contributed by atoms with E-state index in [0.29, 0.717) is 0 Å². The molecule has 0 heterocycles. The third-order valence-corrected chi connectivity index (χ3v) is 3.05. The van der Waals surface area contributed by atoms with Crippen LogP contribution in [0.15, 0.2) is 12.1 Å². The molecule has 1 rings (SSSR count). The minimum atomic E-state index is -2.01. The maximum atomic E-state index is 11.4. The molecule has 1 amide bonds. The van der Waals surface area contributed by atoms with Gasteiger partial charge in [0.2, 0.25) is 5.75 Å². The molecule has 110 valence electrons. The number of nitrogens with zero attached hydrogens (tertiary/aromatic N) is 1. The summed E-state index contributed by atoms with van der Waals surface area (Å²) in [4.78, 5) is 21.8. The molecule has 0 aliphatic heterocycles. The summed E-state index contributed by atoms with van der Waals surface area (Å²) < 4.78 is 9.92. The number of carbonyl (C=O) groups is 1. The van der Waals surface area contributed by atoms with Gasteiger partial charge in [-0.1, -0.05) is 6.92 Å². The van der Waals surface area contributed by atoms with Crippen molar-refractivity contribution in [3.63, 3.8) is 0 Å². The number of nitro groups is 1. The maximum absolute atomic E-state index is 11.4. The van der Waals surface area contributed by atoms with Gasteiger partial charge in [0, 0.05) is 11.6 Å². The van der Waals surface area contributed by atoms with Gasteiger partial charge >= 0.3 is 5.69 Å². The molecule has 0 bridgehead atoms. The highest BCUT2D eigenvalue weighted by molar-refractivity contribution is 5.85. The van der Waals surface area contributed by atoms with Crippen molar-refractivity contribution in [1.82, 2.24) is 0 Å². The number of ether oxygens (including phenoxy) is 2. The van der Waals surface area contributed by atoms with Gasteiger partial charge in [0.1, 0.15) is 0 Å². The highest BCUT2D eigenvalue weighted by Crippen LogP contribution is 2.41. The first kappa shape index (κ1) is 15.7. The number of nitrogens with two attached hydrogens (primary N) is 1. The summed E-state index contributed by atoms with van der Waals surface area (Å²) in [5.41, 5.74) is 2.72. The topological polar surface area (TPSA) is 125 Å². The van der Waals surface area contributed by atoms with Gasteiger partial charge in [0.25, 0.3) is 5.91 Å². The molecule has 1 aromatic carbocycles. The minimum Gasteiger partial charge on any atom is -0.493 e. The second-order valence-electron chi connectivity index (χ2n) is 4.07. The molecule has 1 unspecified atom stereocenters. The summed E-state index contributed by atoms with van der Waals surface area (Å²) in [6, 6.07) is 2.34. The highest BCUT2D eigenvalue weighted by Gasteiger charge is 2.37. The van der Waals surface area contributed by atoms with E-state index in [4.69, 9.17) is 15.2 Å². The molecule has 1 aromatic rings. The molecule has 1 atom stereocenters. The zero-order valence-corrected chi connectivity index (χ0v) is 11.4. The lowest BCUT2D eigenvalue weighted by Crippen LogP contribution is -2.40. The molecule has 20 heavy (non-hydrogen) atoms. The predicted molar refractivity (Wildman–Crippen MR) is 69.6 cm³/mol. The first-order chi connectivity index (χ1) is 9.31. The molecular weight excluding hydrogens is 268 g/mol. The molecule has 0 aliphatic rings. The Balaban J connectivity index is 3.62.